The second kappa shape index (κ2) is 6.90. The van der Waals surface area contributed by atoms with Crippen molar-refractivity contribution < 1.29 is 8.98 Å². The predicted molar refractivity (Wildman–Crippen MR) is 158 cm³/mol. The Hall–Kier alpha value is -4.89. The Morgan fingerprint density at radius 2 is 1.32 bits per heavy atom. The van der Waals surface area contributed by atoms with Crippen LogP contribution in [0.5, 0.6) is 0 Å². The predicted octanol–water partition coefficient (Wildman–Crippen LogP) is 8.74. The molecular weight excluding hydrogens is 464 g/mol. The Labute approximate surface area is 217 Å². The molecule has 0 spiro atoms. The molecule has 0 unspecified atom stereocenters. The maximum Gasteiger partial charge on any atom is 0.295 e. The zero-order valence-corrected chi connectivity index (χ0v) is 21.1. The minimum Gasteiger partial charge on any atom is -0.456 e. The number of aromatic nitrogens is 2. The van der Waals surface area contributed by atoms with Crippen molar-refractivity contribution in [3.05, 3.63) is 109 Å². The molecule has 0 aliphatic carbocycles. The van der Waals surface area contributed by atoms with E-state index in [1.54, 1.807) is 0 Å². The van der Waals surface area contributed by atoms with Crippen LogP contribution in [0.2, 0.25) is 0 Å². The van der Waals surface area contributed by atoms with E-state index in [0.29, 0.717) is 0 Å². The van der Waals surface area contributed by atoms with E-state index >= 15 is 0 Å². The SMILES string of the molecule is Cc1cccc2c3cc4c(cc3n3c5ccccc5[n+](C)c3c12)oc1cc2ccc3ccccc3c2cc14. The molecule has 0 aliphatic heterocycles. The highest BCUT2D eigenvalue weighted by Gasteiger charge is 2.25. The van der Waals surface area contributed by atoms with Gasteiger partial charge >= 0.3 is 0 Å². The van der Waals surface area contributed by atoms with E-state index < -0.39 is 0 Å². The number of imidazole rings is 1. The van der Waals surface area contributed by atoms with Crippen molar-refractivity contribution in [2.24, 2.45) is 7.05 Å². The van der Waals surface area contributed by atoms with Crippen molar-refractivity contribution in [1.82, 2.24) is 4.40 Å². The molecular formula is C35H23N2O+. The largest absolute Gasteiger partial charge is 0.456 e. The third kappa shape index (κ3) is 2.41. The smallest absolute Gasteiger partial charge is 0.295 e. The summed E-state index contributed by atoms with van der Waals surface area (Å²) >= 11 is 0. The molecule has 0 N–H and O–H groups in total. The molecule has 3 aromatic heterocycles. The van der Waals surface area contributed by atoms with Crippen LogP contribution in [0.1, 0.15) is 5.56 Å². The molecule has 0 aliphatic rings. The van der Waals surface area contributed by atoms with E-state index in [2.05, 4.69) is 126 Å². The van der Waals surface area contributed by atoms with E-state index in [4.69, 9.17) is 4.42 Å². The normalized spacial score (nSPS) is 12.5. The average Bonchev–Trinajstić information content (AvgIpc) is 3.45. The minimum atomic E-state index is 0.917. The third-order valence-corrected chi connectivity index (χ3v) is 8.49. The van der Waals surface area contributed by atoms with Gasteiger partial charge < -0.3 is 4.42 Å². The first-order chi connectivity index (χ1) is 18.7. The first kappa shape index (κ1) is 20.2. The lowest BCUT2D eigenvalue weighted by atomic mass is 9.98. The molecule has 178 valence electrons. The van der Waals surface area contributed by atoms with Crippen LogP contribution in [-0.2, 0) is 7.05 Å². The molecule has 0 saturated carbocycles. The Bertz CT molecular complexity index is 2480. The number of nitrogens with zero attached hydrogens (tertiary/aromatic N) is 2. The Morgan fingerprint density at radius 1 is 0.579 bits per heavy atom. The highest BCUT2D eigenvalue weighted by molar-refractivity contribution is 6.21. The van der Waals surface area contributed by atoms with E-state index in [-0.39, 0.29) is 0 Å². The van der Waals surface area contributed by atoms with Crippen molar-refractivity contribution in [3.63, 3.8) is 0 Å². The Morgan fingerprint density at radius 3 is 2.24 bits per heavy atom. The molecule has 3 heteroatoms. The average molecular weight is 488 g/mol. The summed E-state index contributed by atoms with van der Waals surface area (Å²) in [4.78, 5) is 0. The first-order valence-corrected chi connectivity index (χ1v) is 13.1. The van der Waals surface area contributed by atoms with E-state index in [1.807, 2.05) is 0 Å². The monoisotopic (exact) mass is 487 g/mol. The molecule has 9 aromatic rings. The fourth-order valence-corrected chi connectivity index (χ4v) is 6.74. The molecule has 0 amide bonds. The molecule has 3 heterocycles. The van der Waals surface area contributed by atoms with Gasteiger partial charge in [0.2, 0.25) is 0 Å². The van der Waals surface area contributed by atoms with Crippen molar-refractivity contribution >= 4 is 81.8 Å². The van der Waals surface area contributed by atoms with Crippen molar-refractivity contribution in [2.45, 2.75) is 6.92 Å². The summed E-state index contributed by atoms with van der Waals surface area (Å²) < 4.78 is 11.3. The standard InChI is InChI=1S/C35H23N2O/c1-20-8-7-11-24-26-18-28-27-17-25-22(15-14-21-9-3-4-10-23(21)25)16-32(27)38-33(28)19-31(26)37-30-13-6-5-12-29(30)36(2)35(37)34(20)24/h3-19H,1-2H3/q+1. The quantitative estimate of drug-likeness (QED) is 0.155. The number of rotatable bonds is 0. The van der Waals surface area contributed by atoms with Gasteiger partial charge in [-0.05, 0) is 64.4 Å². The first-order valence-electron chi connectivity index (χ1n) is 13.1. The molecule has 3 nitrogen and oxygen atoms in total. The summed E-state index contributed by atoms with van der Waals surface area (Å²) in [6.45, 7) is 2.22. The number of para-hydroxylation sites is 2. The molecule has 6 aromatic carbocycles. The number of aryl methyl sites for hydroxylation is 2. The lowest BCUT2D eigenvalue weighted by Crippen LogP contribution is -2.27. The zero-order chi connectivity index (χ0) is 25.1. The van der Waals surface area contributed by atoms with Gasteiger partial charge in [-0.1, -0.05) is 66.7 Å². The lowest BCUT2D eigenvalue weighted by Gasteiger charge is -2.07. The third-order valence-electron chi connectivity index (χ3n) is 8.49. The van der Waals surface area contributed by atoms with Gasteiger partial charge in [0, 0.05) is 27.6 Å². The van der Waals surface area contributed by atoms with E-state index in [0.717, 1.165) is 27.5 Å². The van der Waals surface area contributed by atoms with Crippen LogP contribution in [-0.4, -0.2) is 4.40 Å². The van der Waals surface area contributed by atoms with Gasteiger partial charge in [0.1, 0.15) is 16.7 Å². The lowest BCUT2D eigenvalue weighted by molar-refractivity contribution is -0.617. The van der Waals surface area contributed by atoms with Crippen LogP contribution < -0.4 is 4.57 Å². The maximum atomic E-state index is 6.56. The molecule has 38 heavy (non-hydrogen) atoms. The van der Waals surface area contributed by atoms with Gasteiger partial charge in [0.05, 0.1) is 12.4 Å². The van der Waals surface area contributed by atoms with Crippen LogP contribution in [0.3, 0.4) is 0 Å². The minimum absolute atomic E-state index is 0.917. The summed E-state index contributed by atoms with van der Waals surface area (Å²) in [7, 11) is 2.17. The highest BCUT2D eigenvalue weighted by atomic mass is 16.3. The number of pyridine rings is 1. The summed E-state index contributed by atoms with van der Waals surface area (Å²) in [5.41, 5.74) is 7.91. The number of furan rings is 1. The molecule has 0 bridgehead atoms. The topological polar surface area (TPSA) is 21.4 Å². The number of hydrogen-bond acceptors (Lipinski definition) is 1. The highest BCUT2D eigenvalue weighted by Crippen LogP contribution is 2.40. The van der Waals surface area contributed by atoms with Crippen LogP contribution in [0, 0.1) is 6.92 Å². The van der Waals surface area contributed by atoms with Crippen LogP contribution in [0.4, 0.5) is 0 Å². The maximum absolute atomic E-state index is 6.56. The van der Waals surface area contributed by atoms with E-state index in [9.17, 15) is 0 Å². The second-order valence-electron chi connectivity index (χ2n) is 10.5. The van der Waals surface area contributed by atoms with Crippen molar-refractivity contribution in [1.29, 1.82) is 0 Å². The Balaban J connectivity index is 1.53. The number of benzene rings is 6. The summed E-state index contributed by atoms with van der Waals surface area (Å²) in [6, 6.07) is 37.4. The molecule has 0 saturated heterocycles. The van der Waals surface area contributed by atoms with Gasteiger partial charge in [0.25, 0.3) is 5.65 Å². The Kier molecular flexibility index (Phi) is 3.67. The fraction of sp³-hybridized carbons (Fsp3) is 0.0571. The van der Waals surface area contributed by atoms with Crippen molar-refractivity contribution in [2.75, 3.05) is 0 Å². The zero-order valence-electron chi connectivity index (χ0n) is 21.1. The van der Waals surface area contributed by atoms with Gasteiger partial charge in [0.15, 0.2) is 11.0 Å². The molecule has 0 atom stereocenters. The van der Waals surface area contributed by atoms with E-state index in [1.165, 1.54) is 59.9 Å². The van der Waals surface area contributed by atoms with Gasteiger partial charge in [-0.2, -0.15) is 4.40 Å². The summed E-state index contributed by atoms with van der Waals surface area (Å²) in [6.07, 6.45) is 0. The van der Waals surface area contributed by atoms with Crippen LogP contribution >= 0.6 is 0 Å². The molecule has 9 rings (SSSR count). The number of fused-ring (bicyclic) bond motifs is 14. The second-order valence-corrected chi connectivity index (χ2v) is 10.5. The molecule has 0 fully saturated rings. The number of hydrogen-bond donors (Lipinski definition) is 0. The van der Waals surface area contributed by atoms with Crippen LogP contribution in [0.25, 0.3) is 81.8 Å². The molecule has 0 radical (unpaired) electrons. The van der Waals surface area contributed by atoms with Gasteiger partial charge in [-0.15, -0.1) is 0 Å². The summed E-state index contributed by atoms with van der Waals surface area (Å²) in [5.74, 6) is 0. The van der Waals surface area contributed by atoms with Gasteiger partial charge in [-0.25, -0.2) is 4.57 Å². The fourth-order valence-electron chi connectivity index (χ4n) is 6.74. The van der Waals surface area contributed by atoms with Crippen LogP contribution in [0.15, 0.2) is 108 Å². The van der Waals surface area contributed by atoms with Crippen molar-refractivity contribution in [3.8, 4) is 0 Å². The summed E-state index contributed by atoms with van der Waals surface area (Å²) in [5, 5.41) is 11.1. The van der Waals surface area contributed by atoms with Gasteiger partial charge in [-0.3, -0.25) is 0 Å².